The van der Waals surface area contributed by atoms with Crippen molar-refractivity contribution in [1.82, 2.24) is 4.90 Å². The largest absolute Gasteiger partial charge is 0.495 e. The average Bonchev–Trinajstić information content (AvgIpc) is 2.62. The first-order chi connectivity index (χ1) is 11.8. The average molecular weight is 322 g/mol. The predicted octanol–water partition coefficient (Wildman–Crippen LogP) is 3.76. The fourth-order valence-electron chi connectivity index (χ4n) is 4.10. The number of nitrogens with zero attached hydrogens (tertiary/aromatic N) is 2. The number of anilines is 1. The highest BCUT2D eigenvalue weighted by atomic mass is 16.5. The van der Waals surface area contributed by atoms with Crippen LogP contribution in [0.4, 0.5) is 5.69 Å². The Morgan fingerprint density at radius 3 is 2.21 bits per heavy atom. The van der Waals surface area contributed by atoms with Crippen LogP contribution >= 0.6 is 0 Å². The van der Waals surface area contributed by atoms with Gasteiger partial charge in [-0.1, -0.05) is 42.5 Å². The molecule has 0 amide bonds. The highest BCUT2D eigenvalue weighted by Crippen LogP contribution is 2.40. The minimum atomic E-state index is 0.767. The summed E-state index contributed by atoms with van der Waals surface area (Å²) in [6.45, 7) is 4.49. The van der Waals surface area contributed by atoms with Crippen molar-refractivity contribution in [3.05, 3.63) is 60.2 Å². The van der Waals surface area contributed by atoms with Crippen molar-refractivity contribution < 1.29 is 4.74 Å². The molecule has 1 aliphatic carbocycles. The Morgan fingerprint density at radius 2 is 1.50 bits per heavy atom. The lowest BCUT2D eigenvalue weighted by molar-refractivity contribution is 0.102. The third-order valence-corrected chi connectivity index (χ3v) is 5.64. The minimum absolute atomic E-state index is 0.767. The van der Waals surface area contributed by atoms with Gasteiger partial charge in [-0.2, -0.15) is 0 Å². The molecule has 0 atom stereocenters. The number of para-hydroxylation sites is 2. The number of hydrogen-bond donors (Lipinski definition) is 0. The van der Waals surface area contributed by atoms with Gasteiger partial charge in [0.25, 0.3) is 0 Å². The summed E-state index contributed by atoms with van der Waals surface area (Å²) in [5, 5.41) is 0. The maximum atomic E-state index is 5.51. The van der Waals surface area contributed by atoms with Gasteiger partial charge in [0, 0.05) is 32.2 Å². The third kappa shape index (κ3) is 3.01. The van der Waals surface area contributed by atoms with Gasteiger partial charge in [-0.3, -0.25) is 4.90 Å². The summed E-state index contributed by atoms with van der Waals surface area (Å²) in [4.78, 5) is 5.15. The van der Waals surface area contributed by atoms with Crippen molar-refractivity contribution in [3.8, 4) is 5.75 Å². The van der Waals surface area contributed by atoms with Crippen LogP contribution in [0.5, 0.6) is 5.75 Å². The molecule has 2 aromatic rings. The standard InChI is InChI=1S/C21H26N2O/c1-24-21-10-6-5-9-20(21)23-13-11-22(12-14-23)19-15-18(16-19)17-7-3-2-4-8-17/h2-10,18-19H,11-16H2,1H3. The molecule has 2 fully saturated rings. The number of methoxy groups -OCH3 is 1. The number of ether oxygens (including phenoxy) is 1. The molecule has 3 heteroatoms. The summed E-state index contributed by atoms with van der Waals surface area (Å²) < 4.78 is 5.51. The van der Waals surface area contributed by atoms with Gasteiger partial charge in [0.15, 0.2) is 0 Å². The lowest BCUT2D eigenvalue weighted by Crippen LogP contribution is -2.53. The van der Waals surface area contributed by atoms with E-state index in [2.05, 4.69) is 58.3 Å². The normalized spacial score (nSPS) is 24.5. The maximum Gasteiger partial charge on any atom is 0.142 e. The highest BCUT2D eigenvalue weighted by Gasteiger charge is 2.35. The first-order valence-electron chi connectivity index (χ1n) is 9.02. The van der Waals surface area contributed by atoms with E-state index in [1.807, 2.05) is 6.07 Å². The van der Waals surface area contributed by atoms with E-state index in [9.17, 15) is 0 Å². The summed E-state index contributed by atoms with van der Waals surface area (Å²) in [6, 6.07) is 20.1. The second kappa shape index (κ2) is 6.86. The quantitative estimate of drug-likeness (QED) is 0.852. The molecule has 24 heavy (non-hydrogen) atoms. The number of rotatable bonds is 4. The Balaban J connectivity index is 1.31. The van der Waals surface area contributed by atoms with Crippen LogP contribution in [-0.4, -0.2) is 44.2 Å². The second-order valence-corrected chi connectivity index (χ2v) is 6.93. The Bertz CT molecular complexity index is 659. The fourth-order valence-corrected chi connectivity index (χ4v) is 4.10. The Morgan fingerprint density at radius 1 is 0.833 bits per heavy atom. The summed E-state index contributed by atoms with van der Waals surface area (Å²) in [6.07, 6.45) is 2.64. The van der Waals surface area contributed by atoms with Gasteiger partial charge < -0.3 is 9.64 Å². The summed E-state index contributed by atoms with van der Waals surface area (Å²) in [5.41, 5.74) is 2.75. The molecule has 0 N–H and O–H groups in total. The molecule has 0 bridgehead atoms. The van der Waals surface area contributed by atoms with E-state index in [4.69, 9.17) is 4.74 Å². The fraction of sp³-hybridized carbons (Fsp3) is 0.429. The van der Waals surface area contributed by atoms with Gasteiger partial charge in [-0.25, -0.2) is 0 Å². The predicted molar refractivity (Wildman–Crippen MR) is 99.0 cm³/mol. The first kappa shape index (κ1) is 15.5. The van der Waals surface area contributed by atoms with Gasteiger partial charge >= 0.3 is 0 Å². The number of piperazine rings is 1. The van der Waals surface area contributed by atoms with Gasteiger partial charge in [0.05, 0.1) is 12.8 Å². The summed E-state index contributed by atoms with van der Waals surface area (Å²) in [5.74, 6) is 1.75. The van der Waals surface area contributed by atoms with E-state index >= 15 is 0 Å². The molecule has 1 saturated heterocycles. The molecule has 3 nitrogen and oxygen atoms in total. The van der Waals surface area contributed by atoms with Crippen molar-refractivity contribution in [2.75, 3.05) is 38.2 Å². The van der Waals surface area contributed by atoms with Crippen molar-refractivity contribution in [2.45, 2.75) is 24.8 Å². The molecule has 0 unspecified atom stereocenters. The Labute approximate surface area is 144 Å². The van der Waals surface area contributed by atoms with Crippen LogP contribution in [-0.2, 0) is 0 Å². The first-order valence-corrected chi connectivity index (χ1v) is 9.02. The molecule has 2 aromatic carbocycles. The van der Waals surface area contributed by atoms with E-state index in [1.165, 1.54) is 24.1 Å². The van der Waals surface area contributed by atoms with Crippen molar-refractivity contribution >= 4 is 5.69 Å². The lowest BCUT2D eigenvalue weighted by atomic mass is 9.75. The SMILES string of the molecule is COc1ccccc1N1CCN(C2CC(c3ccccc3)C2)CC1. The molecule has 0 radical (unpaired) electrons. The van der Waals surface area contributed by atoms with Gasteiger partial charge in [-0.05, 0) is 36.5 Å². The van der Waals surface area contributed by atoms with Crippen LogP contribution in [0.3, 0.4) is 0 Å². The van der Waals surface area contributed by atoms with E-state index in [-0.39, 0.29) is 0 Å². The van der Waals surface area contributed by atoms with E-state index in [0.717, 1.165) is 43.9 Å². The maximum absolute atomic E-state index is 5.51. The van der Waals surface area contributed by atoms with E-state index < -0.39 is 0 Å². The summed E-state index contributed by atoms with van der Waals surface area (Å²) >= 11 is 0. The van der Waals surface area contributed by atoms with E-state index in [0.29, 0.717) is 0 Å². The Hall–Kier alpha value is -2.00. The summed E-state index contributed by atoms with van der Waals surface area (Å²) in [7, 11) is 1.76. The van der Waals surface area contributed by atoms with Gasteiger partial charge in [-0.15, -0.1) is 0 Å². The molecule has 1 heterocycles. The molecular weight excluding hydrogens is 296 g/mol. The third-order valence-electron chi connectivity index (χ3n) is 5.64. The smallest absolute Gasteiger partial charge is 0.142 e. The zero-order chi connectivity index (χ0) is 16.4. The van der Waals surface area contributed by atoms with Crippen molar-refractivity contribution in [2.24, 2.45) is 0 Å². The number of benzene rings is 2. The highest BCUT2D eigenvalue weighted by molar-refractivity contribution is 5.58. The van der Waals surface area contributed by atoms with Crippen LogP contribution in [0.15, 0.2) is 54.6 Å². The second-order valence-electron chi connectivity index (χ2n) is 6.93. The molecule has 126 valence electrons. The lowest BCUT2D eigenvalue weighted by Gasteiger charge is -2.47. The monoisotopic (exact) mass is 322 g/mol. The molecule has 1 saturated carbocycles. The Kier molecular flexibility index (Phi) is 4.44. The zero-order valence-corrected chi connectivity index (χ0v) is 14.4. The van der Waals surface area contributed by atoms with Crippen LogP contribution in [0, 0.1) is 0 Å². The molecule has 4 rings (SSSR count). The van der Waals surface area contributed by atoms with Crippen LogP contribution in [0.1, 0.15) is 24.3 Å². The molecule has 0 spiro atoms. The number of hydrogen-bond acceptors (Lipinski definition) is 3. The van der Waals surface area contributed by atoms with Gasteiger partial charge in [0.2, 0.25) is 0 Å². The zero-order valence-electron chi connectivity index (χ0n) is 14.4. The van der Waals surface area contributed by atoms with Crippen molar-refractivity contribution in [3.63, 3.8) is 0 Å². The van der Waals surface area contributed by atoms with Crippen molar-refractivity contribution in [1.29, 1.82) is 0 Å². The topological polar surface area (TPSA) is 15.7 Å². The van der Waals surface area contributed by atoms with Crippen LogP contribution in [0.25, 0.3) is 0 Å². The molecular formula is C21H26N2O. The van der Waals surface area contributed by atoms with E-state index in [1.54, 1.807) is 7.11 Å². The van der Waals surface area contributed by atoms with Gasteiger partial charge in [0.1, 0.15) is 5.75 Å². The van der Waals surface area contributed by atoms with Crippen LogP contribution in [0.2, 0.25) is 0 Å². The minimum Gasteiger partial charge on any atom is -0.495 e. The van der Waals surface area contributed by atoms with Crippen LogP contribution < -0.4 is 9.64 Å². The molecule has 0 aromatic heterocycles. The molecule has 2 aliphatic rings. The molecule has 1 aliphatic heterocycles.